The molecule has 6 aromatic rings. The predicted octanol–water partition coefficient (Wildman–Crippen LogP) is 34.6. The van der Waals surface area contributed by atoms with Crippen LogP contribution in [0.3, 0.4) is 0 Å². The van der Waals surface area contributed by atoms with Crippen LogP contribution in [0.5, 0.6) is 69.0 Å². The van der Waals surface area contributed by atoms with Crippen molar-refractivity contribution in [2.75, 3.05) is 79.3 Å². The number of ether oxygens (including phenoxy) is 12. The molecule has 0 aromatic heterocycles. The molecule has 0 unspecified atom stereocenters. The van der Waals surface area contributed by atoms with Crippen molar-refractivity contribution in [2.45, 2.75) is 415 Å². The highest BCUT2D eigenvalue weighted by atomic mass is 16.6. The van der Waals surface area contributed by atoms with Gasteiger partial charge in [0.15, 0.2) is 69.0 Å². The molecule has 0 aliphatic carbocycles. The Hall–Kier alpha value is -7.08. The molecule has 12 nitrogen and oxygen atoms in total. The van der Waals surface area contributed by atoms with Crippen LogP contribution in [-0.2, 0) is 0 Å². The van der Waals surface area contributed by atoms with E-state index in [1.807, 2.05) is 0 Å². The fourth-order valence-corrected chi connectivity index (χ4v) is 16.7. The Bertz CT molecular complexity index is 3170. The molecular formula is C112H176O12. The van der Waals surface area contributed by atoms with E-state index in [1.165, 1.54) is 257 Å². The van der Waals surface area contributed by atoms with E-state index in [4.69, 9.17) is 56.8 Å². The lowest BCUT2D eigenvalue weighted by atomic mass is 9.93. The van der Waals surface area contributed by atoms with Crippen molar-refractivity contribution in [1.82, 2.24) is 0 Å². The highest BCUT2D eigenvalue weighted by Crippen LogP contribution is 2.49. The van der Waals surface area contributed by atoms with Gasteiger partial charge in [-0.3, -0.25) is 0 Å². The van der Waals surface area contributed by atoms with Crippen LogP contribution < -0.4 is 56.8 Å². The number of unbranched alkanes of at least 4 members (excludes halogenated alkanes) is 48. The van der Waals surface area contributed by atoms with Crippen LogP contribution >= 0.6 is 0 Å². The molecule has 0 saturated heterocycles. The van der Waals surface area contributed by atoms with E-state index in [9.17, 15) is 0 Å². The first-order valence-corrected chi connectivity index (χ1v) is 51.8. The summed E-state index contributed by atoms with van der Waals surface area (Å²) in [6.07, 6.45) is 67.7. The van der Waals surface area contributed by atoms with Crippen molar-refractivity contribution in [1.29, 1.82) is 0 Å². The van der Waals surface area contributed by atoms with E-state index >= 15 is 0 Å². The molecule has 124 heavy (non-hydrogen) atoms. The first-order chi connectivity index (χ1) is 61.4. The zero-order valence-corrected chi connectivity index (χ0v) is 80.2. The Morgan fingerprint density at radius 2 is 0.298 bits per heavy atom. The van der Waals surface area contributed by atoms with E-state index in [-0.39, 0.29) is 26.4 Å². The molecule has 0 fully saturated rings. The average molecular weight is 1710 g/mol. The normalized spacial score (nSPS) is 12.1. The fourth-order valence-electron chi connectivity index (χ4n) is 16.7. The molecule has 0 saturated carbocycles. The second-order valence-electron chi connectivity index (χ2n) is 35.5. The van der Waals surface area contributed by atoms with Crippen LogP contribution in [0.15, 0.2) is 97.1 Å². The molecular weight excluding hydrogens is 1540 g/mol. The van der Waals surface area contributed by atoms with Gasteiger partial charge in [0.1, 0.15) is 26.4 Å². The van der Waals surface area contributed by atoms with Gasteiger partial charge in [-0.05, 0) is 169 Å². The molecule has 6 aromatic carbocycles. The Morgan fingerprint density at radius 3 is 0.452 bits per heavy atom. The summed E-state index contributed by atoms with van der Waals surface area (Å²) in [5.41, 5.74) is 7.74. The van der Waals surface area contributed by atoms with Crippen LogP contribution in [0.2, 0.25) is 0 Å². The Morgan fingerprint density at radius 1 is 0.161 bits per heavy atom. The van der Waals surface area contributed by atoms with Gasteiger partial charge in [0, 0.05) is 0 Å². The molecule has 1 aliphatic rings. The van der Waals surface area contributed by atoms with Crippen molar-refractivity contribution in [3.63, 3.8) is 0 Å². The topological polar surface area (TPSA) is 111 Å². The summed E-state index contributed by atoms with van der Waals surface area (Å²) in [5.74, 6) is 8.54. The minimum absolute atomic E-state index is 0.215. The van der Waals surface area contributed by atoms with E-state index in [0.29, 0.717) is 75.9 Å². The van der Waals surface area contributed by atoms with Gasteiger partial charge in [0.2, 0.25) is 0 Å². The summed E-state index contributed by atoms with van der Waals surface area (Å²) in [6, 6.07) is 34.6. The lowest BCUT2D eigenvalue weighted by Crippen LogP contribution is -2.15. The van der Waals surface area contributed by atoms with E-state index in [1.54, 1.807) is 0 Å². The summed E-state index contributed by atoms with van der Waals surface area (Å²) in [7, 11) is 0. The summed E-state index contributed by atoms with van der Waals surface area (Å²) in [4.78, 5) is 0. The van der Waals surface area contributed by atoms with Crippen molar-refractivity contribution < 1.29 is 56.8 Å². The zero-order valence-electron chi connectivity index (χ0n) is 80.2. The van der Waals surface area contributed by atoms with Crippen LogP contribution in [-0.4, -0.2) is 79.3 Å². The van der Waals surface area contributed by atoms with E-state index < -0.39 is 0 Å². The first kappa shape index (κ1) is 104. The third-order valence-electron chi connectivity index (χ3n) is 24.4. The van der Waals surface area contributed by atoms with Crippen molar-refractivity contribution in [3.05, 3.63) is 97.1 Å². The predicted molar refractivity (Wildman–Crippen MR) is 525 cm³/mol. The largest absolute Gasteiger partial charge is 0.490 e. The minimum Gasteiger partial charge on any atom is -0.490 e. The molecule has 7 rings (SSSR count). The van der Waals surface area contributed by atoms with Gasteiger partial charge in [0.25, 0.3) is 0 Å². The van der Waals surface area contributed by atoms with E-state index in [0.717, 1.165) is 193 Å². The highest BCUT2D eigenvalue weighted by molar-refractivity contribution is 5.89. The van der Waals surface area contributed by atoms with Gasteiger partial charge in [-0.1, -0.05) is 388 Å². The third-order valence-corrected chi connectivity index (χ3v) is 24.4. The molecule has 0 radical (unpaired) electrons. The molecule has 0 spiro atoms. The van der Waals surface area contributed by atoms with Crippen molar-refractivity contribution in [3.8, 4) is 114 Å². The molecule has 0 bridgehead atoms. The average Bonchev–Trinajstić information content (AvgIpc) is 0.773. The molecule has 0 amide bonds. The number of hydrogen-bond acceptors (Lipinski definition) is 12. The minimum atomic E-state index is 0.215. The number of rotatable bonds is 76. The van der Waals surface area contributed by atoms with Crippen LogP contribution in [0.1, 0.15) is 415 Å². The molecule has 0 atom stereocenters. The lowest BCUT2D eigenvalue weighted by Gasteiger charge is -2.23. The number of hydrogen-bond donors (Lipinski definition) is 0. The first-order valence-electron chi connectivity index (χ1n) is 51.8. The Balaban J connectivity index is 1.31. The summed E-state index contributed by atoms with van der Waals surface area (Å²) < 4.78 is 82.6. The summed E-state index contributed by atoms with van der Waals surface area (Å²) >= 11 is 0. The highest BCUT2D eigenvalue weighted by Gasteiger charge is 2.24. The maximum Gasteiger partial charge on any atom is 0.162 e. The van der Waals surface area contributed by atoms with E-state index in [2.05, 4.69) is 152 Å². The molecule has 12 heteroatoms. The van der Waals surface area contributed by atoms with Gasteiger partial charge in [0.05, 0.1) is 52.9 Å². The summed E-state index contributed by atoms with van der Waals surface area (Å²) in [5, 5.41) is 0. The molecule has 696 valence electrons. The molecule has 1 heterocycles. The zero-order chi connectivity index (χ0) is 87.4. The smallest absolute Gasteiger partial charge is 0.162 e. The summed E-state index contributed by atoms with van der Waals surface area (Å²) in [6.45, 7) is 24.1. The maximum absolute atomic E-state index is 7.05. The quantitative estimate of drug-likeness (QED) is 0.0339. The molecule has 0 N–H and O–H groups in total. The SMILES string of the molecule is CCCCCCCCCOc1ccc(-c2cc3c(cc2-c2ccc(OCCCCCCCCC)c(OCCCCCCCCC)c2)OCCOc2cc(-c4ccc(OCCCCCCCCC)c(OCCCCCCCCC)c4)c(-c4ccc(OCCCCCCCCC)c(OCCCCCCCCC)c4)cc2OCCO3)cc1OCCCCCCCCC. The van der Waals surface area contributed by atoms with Gasteiger partial charge in [-0.15, -0.1) is 0 Å². The molecule has 1 aliphatic heterocycles. The van der Waals surface area contributed by atoms with Gasteiger partial charge < -0.3 is 56.8 Å². The van der Waals surface area contributed by atoms with Gasteiger partial charge in [-0.25, -0.2) is 0 Å². The number of benzene rings is 6. The van der Waals surface area contributed by atoms with Crippen molar-refractivity contribution >= 4 is 0 Å². The Labute approximate surface area is 757 Å². The van der Waals surface area contributed by atoms with Crippen LogP contribution in [0.25, 0.3) is 44.5 Å². The van der Waals surface area contributed by atoms with Crippen LogP contribution in [0.4, 0.5) is 0 Å². The monoisotopic (exact) mass is 1710 g/mol. The second kappa shape index (κ2) is 69.0. The number of fused-ring (bicyclic) bond motifs is 2. The Kier molecular flexibility index (Phi) is 57.9. The van der Waals surface area contributed by atoms with Gasteiger partial charge in [-0.2, -0.15) is 0 Å². The fraction of sp³-hybridized carbons (Fsp3) is 0.679. The second-order valence-corrected chi connectivity index (χ2v) is 35.5. The van der Waals surface area contributed by atoms with Crippen molar-refractivity contribution in [2.24, 2.45) is 0 Å². The standard InChI is InChI=1S/C112H176O12/c1-9-17-25-33-41-49-57-73-113-101-69-65-93(85-105(101)117-77-61-53-45-37-29-21-13-5)97-89-109-110(90-98(97)94-66-70-102(114-74-58-50-42-34-26-18-10-2)106(86-94)118-78-62-54-46-38-30-22-14-6)122-83-84-124-112-92-100(96-68-72-104(116-76-60-52-44-36-28-20-12-4)108(88-96)120-80-64-56-48-40-32-24-16-8)99(91-111(112)123-82-81-121-109)95-67-71-103(115-75-59-51-43-35-27-19-11-3)107(87-95)119-79-63-55-47-39-31-23-15-7/h65-72,85-92H,9-64,73-84H2,1-8H3. The lowest BCUT2D eigenvalue weighted by molar-refractivity contribution is 0.172. The van der Waals surface area contributed by atoms with Crippen LogP contribution in [0, 0.1) is 0 Å². The van der Waals surface area contributed by atoms with Gasteiger partial charge >= 0.3 is 0 Å². The maximum atomic E-state index is 7.05. The third kappa shape index (κ3) is 42.7.